The van der Waals surface area contributed by atoms with Crippen molar-refractivity contribution in [1.29, 1.82) is 0 Å². The summed E-state index contributed by atoms with van der Waals surface area (Å²) in [6.07, 6.45) is -0.541. The largest absolute Gasteiger partial charge is 0.390 e. The van der Waals surface area contributed by atoms with Gasteiger partial charge in [0.1, 0.15) is 5.82 Å². The Morgan fingerprint density at radius 2 is 1.91 bits per heavy atom. The summed E-state index contributed by atoms with van der Waals surface area (Å²) in [6, 6.07) is 16.2. The minimum absolute atomic E-state index is 0.227. The van der Waals surface area contributed by atoms with Crippen molar-refractivity contribution in [3.8, 4) is 5.69 Å². The Morgan fingerprint density at radius 1 is 1.18 bits per heavy atom. The van der Waals surface area contributed by atoms with Crippen molar-refractivity contribution in [1.82, 2.24) is 9.55 Å². The van der Waals surface area contributed by atoms with Gasteiger partial charge in [-0.1, -0.05) is 12.1 Å². The summed E-state index contributed by atoms with van der Waals surface area (Å²) in [5, 5.41) is 12.6. The number of para-hydroxylation sites is 2. The number of imidazole rings is 1. The number of anilines is 1. The lowest BCUT2D eigenvalue weighted by molar-refractivity contribution is 0.211. The first-order valence-electron chi connectivity index (χ1n) is 7.21. The first-order chi connectivity index (χ1) is 10.7. The monoisotopic (exact) mass is 315 g/mol. The van der Waals surface area contributed by atoms with Crippen LogP contribution >= 0.6 is 11.6 Å². The molecule has 0 spiro atoms. The molecule has 5 heteroatoms. The highest BCUT2D eigenvalue weighted by Crippen LogP contribution is 2.22. The molecule has 2 N–H and O–H groups in total. The molecule has 0 saturated carbocycles. The molecule has 0 amide bonds. The summed E-state index contributed by atoms with van der Waals surface area (Å²) in [7, 11) is 0. The van der Waals surface area contributed by atoms with Gasteiger partial charge in [-0.25, -0.2) is 4.98 Å². The van der Waals surface area contributed by atoms with Crippen LogP contribution in [0.4, 0.5) is 5.69 Å². The number of alkyl halides is 1. The highest BCUT2D eigenvalue weighted by Gasteiger charge is 2.08. The van der Waals surface area contributed by atoms with E-state index >= 15 is 0 Å². The van der Waals surface area contributed by atoms with Gasteiger partial charge in [0.25, 0.3) is 0 Å². The van der Waals surface area contributed by atoms with E-state index in [1.807, 2.05) is 49.4 Å². The van der Waals surface area contributed by atoms with E-state index in [2.05, 4.69) is 20.9 Å². The van der Waals surface area contributed by atoms with Crippen molar-refractivity contribution in [2.45, 2.75) is 13.0 Å². The van der Waals surface area contributed by atoms with Gasteiger partial charge < -0.3 is 10.4 Å². The summed E-state index contributed by atoms with van der Waals surface area (Å²) in [5.74, 6) is 1.19. The molecule has 0 radical (unpaired) electrons. The second-order valence-electron chi connectivity index (χ2n) is 5.22. The number of aliphatic hydroxyl groups excluding tert-OH is 1. The lowest BCUT2D eigenvalue weighted by Crippen LogP contribution is -2.20. The summed E-state index contributed by atoms with van der Waals surface area (Å²) < 4.78 is 2.13. The Kier molecular flexibility index (Phi) is 4.32. The van der Waals surface area contributed by atoms with Crippen molar-refractivity contribution >= 4 is 28.3 Å². The summed E-state index contributed by atoms with van der Waals surface area (Å²) in [4.78, 5) is 4.58. The van der Waals surface area contributed by atoms with Crippen molar-refractivity contribution in [2.75, 3.05) is 17.7 Å². The minimum Gasteiger partial charge on any atom is -0.390 e. The third-order valence-electron chi connectivity index (χ3n) is 3.57. The quantitative estimate of drug-likeness (QED) is 0.710. The number of halogens is 1. The predicted molar refractivity (Wildman–Crippen MR) is 91.0 cm³/mol. The number of aliphatic hydroxyl groups is 1. The number of aryl methyl sites for hydroxylation is 1. The molecule has 4 nitrogen and oxygen atoms in total. The zero-order valence-electron chi connectivity index (χ0n) is 12.3. The molecule has 1 unspecified atom stereocenters. The van der Waals surface area contributed by atoms with Crippen LogP contribution in [0.1, 0.15) is 5.82 Å². The molecule has 22 heavy (non-hydrogen) atoms. The third-order valence-corrected chi connectivity index (χ3v) is 3.93. The van der Waals surface area contributed by atoms with Gasteiger partial charge in [0.15, 0.2) is 0 Å². The smallest absolute Gasteiger partial charge is 0.111 e. The van der Waals surface area contributed by atoms with Gasteiger partial charge in [-0.05, 0) is 43.3 Å². The maximum Gasteiger partial charge on any atom is 0.111 e. The van der Waals surface area contributed by atoms with Crippen LogP contribution in [0.25, 0.3) is 16.7 Å². The Bertz CT molecular complexity index is 767. The van der Waals surface area contributed by atoms with Gasteiger partial charge >= 0.3 is 0 Å². The third kappa shape index (κ3) is 2.93. The predicted octanol–water partition coefficient (Wildman–Crippen LogP) is 3.35. The Morgan fingerprint density at radius 3 is 2.64 bits per heavy atom. The number of hydrogen-bond acceptors (Lipinski definition) is 3. The highest BCUT2D eigenvalue weighted by atomic mass is 35.5. The standard InChI is InChI=1S/C17H18ClN3O/c1-12-20-16-4-2-3-5-17(16)21(12)14-8-6-13(7-9-14)19-11-15(22)10-18/h2-9,15,19,22H,10-11H2,1H3. The molecule has 0 saturated heterocycles. The summed E-state index contributed by atoms with van der Waals surface area (Å²) in [5.41, 5.74) is 4.11. The van der Waals surface area contributed by atoms with E-state index in [1.54, 1.807) is 0 Å². The SMILES string of the molecule is Cc1nc2ccccc2n1-c1ccc(NCC(O)CCl)cc1. The fourth-order valence-corrected chi connectivity index (χ4v) is 2.60. The second-order valence-corrected chi connectivity index (χ2v) is 5.53. The van der Waals surface area contributed by atoms with Gasteiger partial charge in [0.05, 0.1) is 23.0 Å². The molecule has 3 rings (SSSR count). The topological polar surface area (TPSA) is 50.1 Å². The van der Waals surface area contributed by atoms with E-state index in [0.29, 0.717) is 6.54 Å². The zero-order valence-corrected chi connectivity index (χ0v) is 13.1. The first kappa shape index (κ1) is 14.9. The zero-order chi connectivity index (χ0) is 15.5. The molecule has 2 aromatic carbocycles. The van der Waals surface area contributed by atoms with E-state index in [9.17, 15) is 5.11 Å². The molecule has 3 aromatic rings. The van der Waals surface area contributed by atoms with Crippen LogP contribution in [-0.4, -0.2) is 33.2 Å². The molecule has 1 heterocycles. The normalized spacial score (nSPS) is 12.5. The van der Waals surface area contributed by atoms with Crippen LogP contribution in [0.15, 0.2) is 48.5 Å². The molecule has 1 atom stereocenters. The van der Waals surface area contributed by atoms with E-state index < -0.39 is 6.10 Å². The lowest BCUT2D eigenvalue weighted by atomic mass is 10.2. The van der Waals surface area contributed by atoms with Gasteiger partial charge in [-0.2, -0.15) is 0 Å². The van der Waals surface area contributed by atoms with Gasteiger partial charge in [-0.3, -0.25) is 4.57 Å². The van der Waals surface area contributed by atoms with Crippen LogP contribution in [0, 0.1) is 6.92 Å². The first-order valence-corrected chi connectivity index (χ1v) is 7.75. The Balaban J connectivity index is 1.87. The summed E-state index contributed by atoms with van der Waals surface area (Å²) >= 11 is 5.58. The number of fused-ring (bicyclic) bond motifs is 1. The minimum atomic E-state index is -0.541. The van der Waals surface area contributed by atoms with Crippen molar-refractivity contribution < 1.29 is 5.11 Å². The van der Waals surface area contributed by atoms with Crippen LogP contribution < -0.4 is 5.32 Å². The maximum absolute atomic E-state index is 9.47. The fourth-order valence-electron chi connectivity index (χ4n) is 2.49. The number of benzene rings is 2. The molecule has 0 aliphatic heterocycles. The lowest BCUT2D eigenvalue weighted by Gasteiger charge is -2.11. The number of nitrogens with zero attached hydrogens (tertiary/aromatic N) is 2. The molecule has 0 bridgehead atoms. The molecule has 0 aliphatic carbocycles. The van der Waals surface area contributed by atoms with Crippen LogP contribution in [-0.2, 0) is 0 Å². The van der Waals surface area contributed by atoms with E-state index in [1.165, 1.54) is 0 Å². The van der Waals surface area contributed by atoms with Crippen LogP contribution in [0.3, 0.4) is 0 Å². The van der Waals surface area contributed by atoms with Gasteiger partial charge in [0, 0.05) is 17.9 Å². The summed E-state index contributed by atoms with van der Waals surface area (Å²) in [6.45, 7) is 2.44. The van der Waals surface area contributed by atoms with Crippen LogP contribution in [0.2, 0.25) is 0 Å². The van der Waals surface area contributed by atoms with E-state index in [-0.39, 0.29) is 5.88 Å². The molecular weight excluding hydrogens is 298 g/mol. The van der Waals surface area contributed by atoms with Gasteiger partial charge in [-0.15, -0.1) is 11.6 Å². The molecular formula is C17H18ClN3O. The molecule has 0 fully saturated rings. The van der Waals surface area contributed by atoms with E-state index in [4.69, 9.17) is 11.6 Å². The van der Waals surface area contributed by atoms with Crippen LogP contribution in [0.5, 0.6) is 0 Å². The Labute approximate surface area is 134 Å². The number of aromatic nitrogens is 2. The number of nitrogens with one attached hydrogen (secondary N) is 1. The van der Waals surface area contributed by atoms with Crippen molar-refractivity contribution in [3.05, 3.63) is 54.4 Å². The van der Waals surface area contributed by atoms with E-state index in [0.717, 1.165) is 28.2 Å². The Hall–Kier alpha value is -2.04. The fraction of sp³-hybridized carbons (Fsp3) is 0.235. The maximum atomic E-state index is 9.47. The van der Waals surface area contributed by atoms with Gasteiger partial charge in [0.2, 0.25) is 0 Å². The van der Waals surface area contributed by atoms with Crippen molar-refractivity contribution in [2.24, 2.45) is 0 Å². The molecule has 114 valence electrons. The molecule has 1 aromatic heterocycles. The highest BCUT2D eigenvalue weighted by molar-refractivity contribution is 6.18. The second kappa shape index (κ2) is 6.38. The number of hydrogen-bond donors (Lipinski definition) is 2. The average Bonchev–Trinajstić information content (AvgIpc) is 2.89. The molecule has 0 aliphatic rings. The average molecular weight is 316 g/mol. The van der Waals surface area contributed by atoms with Crippen molar-refractivity contribution in [3.63, 3.8) is 0 Å². The number of rotatable bonds is 5.